The first-order chi connectivity index (χ1) is 15.6. The Labute approximate surface area is 189 Å². The Morgan fingerprint density at radius 3 is 2.44 bits per heavy atom. The molecule has 1 aliphatic carbocycles. The number of carbonyl (C=O) groups excluding carboxylic acids is 1. The Balaban J connectivity index is 1.18. The van der Waals surface area contributed by atoms with Gasteiger partial charge in [-0.25, -0.2) is 4.79 Å². The van der Waals surface area contributed by atoms with Crippen molar-refractivity contribution in [1.29, 1.82) is 0 Å². The van der Waals surface area contributed by atoms with Crippen LogP contribution in [0.5, 0.6) is 11.5 Å². The number of fused-ring (bicyclic) bond motifs is 4. The van der Waals surface area contributed by atoms with Crippen molar-refractivity contribution >= 4 is 17.4 Å². The highest BCUT2D eigenvalue weighted by Gasteiger charge is 2.30. The molecular formula is C24H23NO6S. The predicted octanol–water partition coefficient (Wildman–Crippen LogP) is 3.45. The van der Waals surface area contributed by atoms with E-state index in [4.69, 9.17) is 14.2 Å². The molecule has 2 aliphatic rings. The third kappa shape index (κ3) is 3.81. The molecular weight excluding hydrogens is 430 g/mol. The molecule has 32 heavy (non-hydrogen) atoms. The third-order valence-electron chi connectivity index (χ3n) is 5.76. The van der Waals surface area contributed by atoms with E-state index in [0.717, 1.165) is 22.3 Å². The molecule has 1 aromatic heterocycles. The van der Waals surface area contributed by atoms with Crippen molar-refractivity contribution in [1.82, 2.24) is 5.32 Å². The summed E-state index contributed by atoms with van der Waals surface area (Å²) < 4.78 is 16.5. The molecule has 0 bridgehead atoms. The zero-order valence-corrected chi connectivity index (χ0v) is 18.0. The minimum Gasteiger partial charge on any atom is -0.485 e. The fraction of sp³-hybridized carbons (Fsp3) is 0.292. The minimum absolute atomic E-state index is 0.0431. The van der Waals surface area contributed by atoms with Crippen molar-refractivity contribution < 1.29 is 29.2 Å². The summed E-state index contributed by atoms with van der Waals surface area (Å²) in [6.45, 7) is 0.857. The fourth-order valence-electron chi connectivity index (χ4n) is 4.21. The molecule has 3 aromatic rings. The van der Waals surface area contributed by atoms with Crippen LogP contribution in [0.2, 0.25) is 0 Å². The zero-order chi connectivity index (χ0) is 22.1. The van der Waals surface area contributed by atoms with E-state index in [0.29, 0.717) is 29.6 Å². The standard InChI is InChI=1S/C24H23NO6S/c26-19(21(27)23-22-20(13-32-23)29-9-10-30-22)11-25-24(28)31-12-18-16-7-3-1-5-14(16)15-6-2-4-8-17(15)18/h1-8,13,18-19,21,26-27H,9-12H2,(H,25,28). The fourth-order valence-corrected chi connectivity index (χ4v) is 5.18. The number of amides is 1. The van der Waals surface area contributed by atoms with E-state index < -0.39 is 18.3 Å². The van der Waals surface area contributed by atoms with Crippen LogP contribution < -0.4 is 14.8 Å². The van der Waals surface area contributed by atoms with E-state index in [1.54, 1.807) is 5.38 Å². The van der Waals surface area contributed by atoms with Crippen molar-refractivity contribution in [2.24, 2.45) is 0 Å². The number of carbonyl (C=O) groups is 1. The van der Waals surface area contributed by atoms with E-state index in [2.05, 4.69) is 29.6 Å². The van der Waals surface area contributed by atoms with Gasteiger partial charge < -0.3 is 29.7 Å². The summed E-state index contributed by atoms with van der Waals surface area (Å²) in [5.41, 5.74) is 4.56. The largest absolute Gasteiger partial charge is 0.485 e. The number of aliphatic hydroxyl groups excluding tert-OH is 2. The first-order valence-electron chi connectivity index (χ1n) is 10.5. The molecule has 166 valence electrons. The third-order valence-corrected chi connectivity index (χ3v) is 6.77. The van der Waals surface area contributed by atoms with Gasteiger partial charge in [-0.2, -0.15) is 0 Å². The lowest BCUT2D eigenvalue weighted by atomic mass is 9.98. The molecule has 2 unspecified atom stereocenters. The summed E-state index contributed by atoms with van der Waals surface area (Å²) in [7, 11) is 0. The van der Waals surface area contributed by atoms with Crippen molar-refractivity contribution in [2.45, 2.75) is 18.1 Å². The number of ether oxygens (including phenoxy) is 3. The second-order valence-corrected chi connectivity index (χ2v) is 8.62. The molecule has 7 nitrogen and oxygen atoms in total. The van der Waals surface area contributed by atoms with E-state index >= 15 is 0 Å². The number of aliphatic hydroxyl groups is 2. The van der Waals surface area contributed by atoms with Gasteiger partial charge in [0.1, 0.15) is 32.0 Å². The van der Waals surface area contributed by atoms with Crippen molar-refractivity contribution in [3.8, 4) is 22.6 Å². The number of alkyl carbamates (subject to hydrolysis) is 1. The SMILES string of the molecule is O=C(NCC(O)C(O)c1scc2c1OCCO2)OCC1c2ccccc2-c2ccccc21. The maximum atomic E-state index is 12.3. The van der Waals surface area contributed by atoms with Crippen LogP contribution in [0.25, 0.3) is 11.1 Å². The Hall–Kier alpha value is -3.07. The van der Waals surface area contributed by atoms with Gasteiger partial charge in [-0.3, -0.25) is 0 Å². The first-order valence-corrected chi connectivity index (χ1v) is 11.3. The Kier molecular flexibility index (Phi) is 5.73. The highest BCUT2D eigenvalue weighted by Crippen LogP contribution is 2.45. The smallest absolute Gasteiger partial charge is 0.407 e. The second-order valence-electron chi connectivity index (χ2n) is 7.71. The lowest BCUT2D eigenvalue weighted by Gasteiger charge is -2.21. The van der Waals surface area contributed by atoms with Crippen LogP contribution in [0.1, 0.15) is 28.0 Å². The van der Waals surface area contributed by atoms with Gasteiger partial charge in [0.2, 0.25) is 0 Å². The minimum atomic E-state index is -1.22. The molecule has 2 heterocycles. The van der Waals surface area contributed by atoms with E-state index in [-0.39, 0.29) is 19.1 Å². The van der Waals surface area contributed by atoms with Gasteiger partial charge in [0.25, 0.3) is 0 Å². The van der Waals surface area contributed by atoms with Gasteiger partial charge in [0.15, 0.2) is 11.5 Å². The average molecular weight is 454 g/mol. The van der Waals surface area contributed by atoms with Gasteiger partial charge in [-0.1, -0.05) is 48.5 Å². The Bertz CT molecular complexity index is 1080. The van der Waals surface area contributed by atoms with Crippen molar-refractivity contribution in [3.63, 3.8) is 0 Å². The van der Waals surface area contributed by atoms with Crippen LogP contribution in [0.15, 0.2) is 53.9 Å². The zero-order valence-electron chi connectivity index (χ0n) is 17.2. The second kappa shape index (κ2) is 8.82. The summed E-state index contributed by atoms with van der Waals surface area (Å²) >= 11 is 1.25. The monoisotopic (exact) mass is 453 g/mol. The molecule has 0 spiro atoms. The molecule has 1 amide bonds. The van der Waals surface area contributed by atoms with Crippen molar-refractivity contribution in [2.75, 3.05) is 26.4 Å². The number of hydrogen-bond acceptors (Lipinski definition) is 7. The maximum Gasteiger partial charge on any atom is 0.407 e. The normalized spacial score (nSPS) is 16.1. The van der Waals surface area contributed by atoms with Crippen LogP contribution in [0, 0.1) is 0 Å². The van der Waals surface area contributed by atoms with Crippen molar-refractivity contribution in [3.05, 3.63) is 69.9 Å². The van der Waals surface area contributed by atoms with Gasteiger partial charge in [-0.05, 0) is 22.3 Å². The van der Waals surface area contributed by atoms with Crippen LogP contribution in [-0.2, 0) is 4.74 Å². The highest BCUT2D eigenvalue weighted by atomic mass is 32.1. The van der Waals surface area contributed by atoms with E-state index in [1.807, 2.05) is 24.3 Å². The van der Waals surface area contributed by atoms with Gasteiger partial charge >= 0.3 is 6.09 Å². The summed E-state index contributed by atoms with van der Waals surface area (Å²) in [5.74, 6) is 0.972. The quantitative estimate of drug-likeness (QED) is 0.529. The summed E-state index contributed by atoms with van der Waals surface area (Å²) in [6, 6.07) is 16.2. The number of thiophene rings is 1. The molecule has 2 aromatic carbocycles. The van der Waals surface area contributed by atoms with E-state index in [9.17, 15) is 15.0 Å². The molecule has 0 saturated heterocycles. The van der Waals surface area contributed by atoms with E-state index in [1.165, 1.54) is 11.3 Å². The molecule has 0 fully saturated rings. The molecule has 0 saturated carbocycles. The van der Waals surface area contributed by atoms with Gasteiger partial charge in [0, 0.05) is 17.8 Å². The highest BCUT2D eigenvalue weighted by molar-refractivity contribution is 7.10. The molecule has 0 radical (unpaired) electrons. The van der Waals surface area contributed by atoms with Crippen LogP contribution >= 0.6 is 11.3 Å². The van der Waals surface area contributed by atoms with Crippen LogP contribution in [0.3, 0.4) is 0 Å². The topological polar surface area (TPSA) is 97.3 Å². The molecule has 3 N–H and O–H groups in total. The summed E-state index contributed by atoms with van der Waals surface area (Å²) in [6.07, 6.45) is -3.08. The predicted molar refractivity (Wildman–Crippen MR) is 119 cm³/mol. The maximum absolute atomic E-state index is 12.3. The Morgan fingerprint density at radius 1 is 1.06 bits per heavy atom. The number of nitrogens with one attached hydrogen (secondary N) is 1. The van der Waals surface area contributed by atoms with Gasteiger partial charge in [0.05, 0.1) is 4.88 Å². The Morgan fingerprint density at radius 2 is 1.72 bits per heavy atom. The molecule has 2 atom stereocenters. The lowest BCUT2D eigenvalue weighted by molar-refractivity contribution is 0.0182. The molecule has 5 rings (SSSR count). The average Bonchev–Trinajstić information content (AvgIpc) is 3.40. The lowest BCUT2D eigenvalue weighted by Crippen LogP contribution is -2.36. The number of rotatable bonds is 6. The first kappa shape index (κ1) is 20.8. The number of hydrogen-bond donors (Lipinski definition) is 3. The molecule has 8 heteroatoms. The summed E-state index contributed by atoms with van der Waals surface area (Å²) in [5, 5.41) is 25.1. The number of benzene rings is 2. The molecule has 1 aliphatic heterocycles. The van der Waals surface area contributed by atoms with Crippen LogP contribution in [0.4, 0.5) is 4.79 Å². The summed E-state index contributed by atoms with van der Waals surface area (Å²) in [4.78, 5) is 12.8. The van der Waals surface area contributed by atoms with Gasteiger partial charge in [-0.15, -0.1) is 11.3 Å². The van der Waals surface area contributed by atoms with Crippen LogP contribution in [-0.4, -0.2) is 48.8 Å².